The van der Waals surface area contributed by atoms with Crippen molar-refractivity contribution in [2.24, 2.45) is 0 Å². The molecule has 2 unspecified atom stereocenters. The first-order valence-electron chi connectivity index (χ1n) is 5.86. The molecule has 96 valence electrons. The summed E-state index contributed by atoms with van der Waals surface area (Å²) in [6.07, 6.45) is 8.68. The molecule has 0 saturated heterocycles. The maximum Gasteiger partial charge on any atom is 0.185 e. The van der Waals surface area contributed by atoms with Gasteiger partial charge in [-0.3, -0.25) is 0 Å². The summed E-state index contributed by atoms with van der Waals surface area (Å²) in [6.45, 7) is 4.24. The van der Waals surface area contributed by atoms with E-state index in [4.69, 9.17) is 9.47 Å². The normalized spacial score (nSPS) is 37.6. The van der Waals surface area contributed by atoms with Crippen LogP contribution in [0, 0.1) is 0 Å². The topological polar surface area (TPSA) is 18.5 Å². The second-order valence-electron chi connectivity index (χ2n) is 4.60. The molecule has 2 nitrogen and oxygen atoms in total. The van der Waals surface area contributed by atoms with Gasteiger partial charge in [-0.2, -0.15) is 0 Å². The van der Waals surface area contributed by atoms with Gasteiger partial charge in [0.2, 0.25) is 0 Å². The second-order valence-corrected chi connectivity index (χ2v) is 7.45. The second kappa shape index (κ2) is 4.04. The number of ether oxygens (including phenoxy) is 2. The average Bonchev–Trinajstić information content (AvgIpc) is 2.86. The molecule has 2 atom stereocenters. The van der Waals surface area contributed by atoms with Crippen LogP contribution in [0.2, 0.25) is 0 Å². The molecule has 0 N–H and O–H groups in total. The van der Waals surface area contributed by atoms with Crippen molar-refractivity contribution in [2.75, 3.05) is 14.2 Å². The molecule has 2 heterocycles. The Morgan fingerprint density at radius 1 is 0.833 bits per heavy atom. The molecule has 2 aliphatic heterocycles. The molecule has 0 spiro atoms. The Balaban J connectivity index is 2.20. The van der Waals surface area contributed by atoms with Crippen LogP contribution in [-0.2, 0) is 9.47 Å². The molecular weight excluding hydrogens is 264 g/mol. The van der Waals surface area contributed by atoms with Crippen molar-refractivity contribution in [3.63, 3.8) is 0 Å². The lowest BCUT2D eigenvalue weighted by Crippen LogP contribution is -2.53. The Bertz CT molecular complexity index is 482. The molecule has 0 fully saturated rings. The van der Waals surface area contributed by atoms with E-state index >= 15 is 0 Å². The zero-order valence-corrected chi connectivity index (χ0v) is 12.6. The summed E-state index contributed by atoms with van der Waals surface area (Å²) >= 11 is 3.50. The molecule has 1 aliphatic carbocycles. The Hall–Kier alpha value is -0.420. The van der Waals surface area contributed by atoms with Crippen molar-refractivity contribution in [3.05, 3.63) is 45.3 Å². The van der Waals surface area contributed by atoms with Crippen LogP contribution in [0.25, 0.3) is 0 Å². The van der Waals surface area contributed by atoms with Crippen LogP contribution in [0.15, 0.2) is 45.3 Å². The fraction of sp³-hybridized carbons (Fsp3) is 0.429. The Morgan fingerprint density at radius 2 is 1.22 bits per heavy atom. The number of hydrogen-bond acceptors (Lipinski definition) is 4. The first kappa shape index (κ1) is 12.6. The smallest absolute Gasteiger partial charge is 0.185 e. The van der Waals surface area contributed by atoms with Gasteiger partial charge in [0.25, 0.3) is 0 Å². The van der Waals surface area contributed by atoms with E-state index in [-0.39, 0.29) is 0 Å². The van der Waals surface area contributed by atoms with Gasteiger partial charge in [0.1, 0.15) is 0 Å². The summed E-state index contributed by atoms with van der Waals surface area (Å²) in [5, 5.41) is 0. The summed E-state index contributed by atoms with van der Waals surface area (Å²) in [5.41, 5.74) is 2.38. The SMILES string of the molecule is COC12SC(C)=CC1=CC=C1C=C(C)SC12OC. The highest BCUT2D eigenvalue weighted by atomic mass is 32.2. The van der Waals surface area contributed by atoms with Crippen LogP contribution in [0.5, 0.6) is 0 Å². The lowest BCUT2D eigenvalue weighted by molar-refractivity contribution is -0.0360. The summed E-state index contributed by atoms with van der Waals surface area (Å²) in [6, 6.07) is 0. The van der Waals surface area contributed by atoms with E-state index in [2.05, 4.69) is 38.2 Å². The van der Waals surface area contributed by atoms with Crippen molar-refractivity contribution >= 4 is 23.5 Å². The minimum atomic E-state index is -0.463. The molecule has 0 radical (unpaired) electrons. The van der Waals surface area contributed by atoms with Crippen LogP contribution >= 0.6 is 23.5 Å². The van der Waals surface area contributed by atoms with Gasteiger partial charge in [0, 0.05) is 14.2 Å². The van der Waals surface area contributed by atoms with E-state index in [0.717, 1.165) is 0 Å². The van der Waals surface area contributed by atoms with Crippen molar-refractivity contribution in [3.8, 4) is 0 Å². The number of thioether (sulfide) groups is 2. The number of rotatable bonds is 2. The molecule has 0 amide bonds. The third-order valence-electron chi connectivity index (χ3n) is 3.54. The number of fused-ring (bicyclic) bond motifs is 3. The molecule has 0 bridgehead atoms. The first-order chi connectivity index (χ1) is 8.58. The summed E-state index contributed by atoms with van der Waals surface area (Å²) in [4.78, 5) is 1.60. The maximum atomic E-state index is 5.95. The van der Waals surface area contributed by atoms with Crippen molar-refractivity contribution in [1.29, 1.82) is 0 Å². The first-order valence-corrected chi connectivity index (χ1v) is 7.49. The van der Waals surface area contributed by atoms with Gasteiger partial charge in [0.15, 0.2) is 9.87 Å². The van der Waals surface area contributed by atoms with Crippen LogP contribution in [0.4, 0.5) is 0 Å². The van der Waals surface area contributed by atoms with E-state index < -0.39 is 9.87 Å². The van der Waals surface area contributed by atoms with E-state index in [1.165, 1.54) is 21.0 Å². The predicted octanol–water partition coefficient (Wildman–Crippen LogP) is 3.84. The highest BCUT2D eigenvalue weighted by Gasteiger charge is 2.62. The Labute approximate surface area is 116 Å². The third kappa shape index (κ3) is 1.35. The molecule has 3 rings (SSSR count). The molecular formula is C14H16O2S2. The quantitative estimate of drug-likeness (QED) is 0.764. The minimum Gasteiger partial charge on any atom is -0.358 e. The van der Waals surface area contributed by atoms with Crippen LogP contribution in [-0.4, -0.2) is 24.1 Å². The van der Waals surface area contributed by atoms with Gasteiger partial charge >= 0.3 is 0 Å². The van der Waals surface area contributed by atoms with Gasteiger partial charge in [-0.15, -0.1) is 0 Å². The molecule has 0 aromatic heterocycles. The molecule has 0 aromatic carbocycles. The molecule has 18 heavy (non-hydrogen) atoms. The van der Waals surface area contributed by atoms with Gasteiger partial charge in [-0.25, -0.2) is 0 Å². The van der Waals surface area contributed by atoms with Crippen molar-refractivity contribution in [1.82, 2.24) is 0 Å². The van der Waals surface area contributed by atoms with E-state index in [1.54, 1.807) is 37.7 Å². The maximum absolute atomic E-state index is 5.95. The fourth-order valence-corrected chi connectivity index (χ4v) is 5.71. The van der Waals surface area contributed by atoms with E-state index in [9.17, 15) is 0 Å². The molecule has 0 aromatic rings. The molecule has 3 aliphatic rings. The number of hydrogen-bond donors (Lipinski definition) is 0. The summed E-state index contributed by atoms with van der Waals surface area (Å²) < 4.78 is 11.9. The highest BCUT2D eigenvalue weighted by molar-refractivity contribution is 8.08. The standard InChI is InChI=1S/C14H16O2S2/c1-9-7-11-5-6-12-8-10(2)18-14(12,16-4)13(11,15-3)17-9/h5-8H,1-4H3. The average molecular weight is 280 g/mol. The lowest BCUT2D eigenvalue weighted by Gasteiger charge is -2.46. The van der Waals surface area contributed by atoms with Crippen LogP contribution in [0.1, 0.15) is 13.8 Å². The predicted molar refractivity (Wildman–Crippen MR) is 78.3 cm³/mol. The third-order valence-corrected chi connectivity index (χ3v) is 6.50. The van der Waals surface area contributed by atoms with Crippen LogP contribution in [0.3, 0.4) is 0 Å². The Kier molecular flexibility index (Phi) is 2.83. The summed E-state index contributed by atoms with van der Waals surface area (Å²) in [5.74, 6) is 0. The van der Waals surface area contributed by atoms with Gasteiger partial charge in [-0.05, 0) is 47.0 Å². The lowest BCUT2D eigenvalue weighted by atomic mass is 9.90. The Morgan fingerprint density at radius 3 is 1.56 bits per heavy atom. The number of allylic oxidation sites excluding steroid dienone is 4. The summed E-state index contributed by atoms with van der Waals surface area (Å²) in [7, 11) is 3.54. The molecule has 4 heteroatoms. The molecule has 0 saturated carbocycles. The largest absolute Gasteiger partial charge is 0.358 e. The van der Waals surface area contributed by atoms with E-state index in [0.29, 0.717) is 0 Å². The van der Waals surface area contributed by atoms with Gasteiger partial charge < -0.3 is 9.47 Å². The van der Waals surface area contributed by atoms with Gasteiger partial charge in [0.05, 0.1) is 0 Å². The van der Waals surface area contributed by atoms with Crippen molar-refractivity contribution in [2.45, 2.75) is 23.7 Å². The monoisotopic (exact) mass is 280 g/mol. The van der Waals surface area contributed by atoms with Crippen molar-refractivity contribution < 1.29 is 9.47 Å². The van der Waals surface area contributed by atoms with E-state index in [1.807, 2.05) is 0 Å². The van der Waals surface area contributed by atoms with Gasteiger partial charge in [-0.1, -0.05) is 35.7 Å². The zero-order valence-electron chi connectivity index (χ0n) is 10.9. The highest BCUT2D eigenvalue weighted by Crippen LogP contribution is 2.65. The zero-order chi connectivity index (χ0) is 13.0. The fourth-order valence-electron chi connectivity index (χ4n) is 2.86. The van der Waals surface area contributed by atoms with Crippen LogP contribution < -0.4 is 0 Å². The minimum absolute atomic E-state index is 0.463. The number of methoxy groups -OCH3 is 2.